The van der Waals surface area contributed by atoms with Crippen LogP contribution in [0.3, 0.4) is 0 Å². The highest BCUT2D eigenvalue weighted by Gasteiger charge is 2.18. The van der Waals surface area contributed by atoms with Gasteiger partial charge in [-0.15, -0.1) is 0 Å². The number of ether oxygens (including phenoxy) is 1. The Bertz CT molecular complexity index is 633. The van der Waals surface area contributed by atoms with Crippen LogP contribution in [0.2, 0.25) is 0 Å². The molecule has 1 amide bonds. The minimum atomic E-state index is -0.424. The van der Waals surface area contributed by atoms with Gasteiger partial charge < -0.3 is 18.9 Å². The zero-order valence-electron chi connectivity index (χ0n) is 13.2. The second-order valence-corrected chi connectivity index (χ2v) is 5.01. The Labute approximate surface area is 134 Å². The molecule has 0 bridgehead atoms. The third-order valence-corrected chi connectivity index (χ3v) is 3.11. The number of hydrogen-bond donors (Lipinski definition) is 1. The molecule has 0 radical (unpaired) electrons. The molecule has 7 heteroatoms. The van der Waals surface area contributed by atoms with Crippen LogP contribution in [-0.4, -0.2) is 37.0 Å². The van der Waals surface area contributed by atoms with Gasteiger partial charge in [-0.1, -0.05) is 0 Å². The molecule has 2 aromatic rings. The van der Waals surface area contributed by atoms with Crippen LogP contribution < -0.4 is 5.32 Å². The summed E-state index contributed by atoms with van der Waals surface area (Å²) in [5, 5.41) is 2.76. The van der Waals surface area contributed by atoms with Crippen LogP contribution in [0, 0.1) is 0 Å². The lowest BCUT2D eigenvalue weighted by molar-refractivity contribution is -0.122. The Morgan fingerprint density at radius 3 is 2.78 bits per heavy atom. The van der Waals surface area contributed by atoms with E-state index < -0.39 is 5.97 Å². The molecule has 0 aliphatic rings. The molecule has 124 valence electrons. The summed E-state index contributed by atoms with van der Waals surface area (Å²) in [5.74, 6) is 0.599. The quantitative estimate of drug-likeness (QED) is 0.747. The van der Waals surface area contributed by atoms with Crippen molar-refractivity contribution in [3.05, 3.63) is 47.8 Å². The molecule has 0 unspecified atom stereocenters. The fraction of sp³-hybridized carbons (Fsp3) is 0.375. The maximum atomic E-state index is 11.9. The van der Waals surface area contributed by atoms with Gasteiger partial charge in [0.1, 0.15) is 17.1 Å². The number of carbonyl (C=O) groups is 2. The lowest BCUT2D eigenvalue weighted by Gasteiger charge is -2.15. The van der Waals surface area contributed by atoms with Crippen molar-refractivity contribution in [3.8, 4) is 0 Å². The Hall–Kier alpha value is -2.54. The van der Waals surface area contributed by atoms with Crippen molar-refractivity contribution >= 4 is 11.9 Å². The van der Waals surface area contributed by atoms with E-state index in [-0.39, 0.29) is 12.5 Å². The van der Waals surface area contributed by atoms with Gasteiger partial charge in [0.15, 0.2) is 0 Å². The van der Waals surface area contributed by atoms with Gasteiger partial charge in [0.05, 0.1) is 38.8 Å². The Balaban J connectivity index is 1.82. The zero-order chi connectivity index (χ0) is 16.7. The highest BCUT2D eigenvalue weighted by Crippen LogP contribution is 2.14. The number of likely N-dealkylation sites (N-methyl/N-ethyl adjacent to an activating group) is 1. The van der Waals surface area contributed by atoms with Crippen LogP contribution >= 0.6 is 0 Å². The normalized spacial score (nSPS) is 10.7. The molecule has 0 atom stereocenters. The molecule has 0 fully saturated rings. The molecule has 0 aromatic carbocycles. The summed E-state index contributed by atoms with van der Waals surface area (Å²) in [6.45, 7) is 2.88. The first-order chi connectivity index (χ1) is 11.1. The highest BCUT2D eigenvalue weighted by atomic mass is 16.5. The van der Waals surface area contributed by atoms with Crippen molar-refractivity contribution in [2.75, 3.05) is 20.2 Å². The minimum absolute atomic E-state index is 0.145. The smallest absolute Gasteiger partial charge is 0.341 e. The average molecular weight is 320 g/mol. The van der Waals surface area contributed by atoms with Crippen LogP contribution in [0.5, 0.6) is 0 Å². The first-order valence-electron chi connectivity index (χ1n) is 7.31. The number of amides is 1. The van der Waals surface area contributed by atoms with E-state index >= 15 is 0 Å². The summed E-state index contributed by atoms with van der Waals surface area (Å²) in [4.78, 5) is 25.4. The number of nitrogens with zero attached hydrogens (tertiary/aromatic N) is 1. The molecule has 23 heavy (non-hydrogen) atoms. The van der Waals surface area contributed by atoms with Crippen LogP contribution in [0.1, 0.15) is 28.8 Å². The maximum absolute atomic E-state index is 11.9. The van der Waals surface area contributed by atoms with Gasteiger partial charge in [-0.3, -0.25) is 9.69 Å². The minimum Gasteiger partial charge on any atom is -0.467 e. The number of hydrogen-bond acceptors (Lipinski definition) is 6. The molecular weight excluding hydrogens is 300 g/mol. The first kappa shape index (κ1) is 16.8. The van der Waals surface area contributed by atoms with Crippen molar-refractivity contribution in [3.63, 3.8) is 0 Å². The van der Waals surface area contributed by atoms with E-state index in [0.717, 1.165) is 0 Å². The van der Waals surface area contributed by atoms with E-state index in [1.807, 2.05) is 0 Å². The van der Waals surface area contributed by atoms with E-state index in [0.29, 0.717) is 36.8 Å². The molecule has 2 aromatic heterocycles. The summed E-state index contributed by atoms with van der Waals surface area (Å²) in [6, 6.07) is 5.12. The second-order valence-electron chi connectivity index (χ2n) is 5.01. The van der Waals surface area contributed by atoms with E-state index in [1.165, 1.54) is 6.26 Å². The lowest BCUT2D eigenvalue weighted by atomic mass is 10.2. The molecule has 0 saturated heterocycles. The zero-order valence-corrected chi connectivity index (χ0v) is 13.2. The van der Waals surface area contributed by atoms with E-state index in [9.17, 15) is 9.59 Å². The Kier molecular flexibility index (Phi) is 5.99. The maximum Gasteiger partial charge on any atom is 0.341 e. The van der Waals surface area contributed by atoms with Gasteiger partial charge in [-0.25, -0.2) is 4.79 Å². The van der Waals surface area contributed by atoms with Crippen molar-refractivity contribution in [2.24, 2.45) is 0 Å². The van der Waals surface area contributed by atoms with E-state index in [2.05, 4.69) is 5.32 Å². The van der Waals surface area contributed by atoms with Crippen molar-refractivity contribution in [2.45, 2.75) is 20.0 Å². The fourth-order valence-corrected chi connectivity index (χ4v) is 2.05. The van der Waals surface area contributed by atoms with Gasteiger partial charge in [0.25, 0.3) is 0 Å². The third-order valence-electron chi connectivity index (χ3n) is 3.11. The summed E-state index contributed by atoms with van der Waals surface area (Å²) in [7, 11) is 1.77. The monoisotopic (exact) mass is 320 g/mol. The summed E-state index contributed by atoms with van der Waals surface area (Å²) < 4.78 is 15.4. The van der Waals surface area contributed by atoms with Crippen LogP contribution in [-0.2, 0) is 22.6 Å². The van der Waals surface area contributed by atoms with Gasteiger partial charge in [0.2, 0.25) is 5.91 Å². The second kappa shape index (κ2) is 8.19. The van der Waals surface area contributed by atoms with E-state index in [4.69, 9.17) is 13.6 Å². The number of nitrogens with one attached hydrogen (secondary N) is 1. The van der Waals surface area contributed by atoms with Crippen LogP contribution in [0.15, 0.2) is 39.6 Å². The molecule has 0 spiro atoms. The molecule has 2 heterocycles. The number of rotatable bonds is 8. The van der Waals surface area contributed by atoms with Gasteiger partial charge in [-0.2, -0.15) is 0 Å². The molecule has 1 N–H and O–H groups in total. The molecule has 0 saturated carbocycles. The Morgan fingerprint density at radius 1 is 1.26 bits per heavy atom. The van der Waals surface area contributed by atoms with Crippen molar-refractivity contribution < 1.29 is 23.2 Å². The SMILES string of the molecule is CCOC(=O)c1ccoc1CN(C)CC(=O)NCc1ccco1. The number of carbonyl (C=O) groups excluding carboxylic acids is 2. The summed E-state index contributed by atoms with van der Waals surface area (Å²) >= 11 is 0. The highest BCUT2D eigenvalue weighted by molar-refractivity contribution is 5.90. The Morgan fingerprint density at radius 2 is 2.09 bits per heavy atom. The van der Waals surface area contributed by atoms with Gasteiger partial charge in [0, 0.05) is 0 Å². The molecular formula is C16H20N2O5. The van der Waals surface area contributed by atoms with E-state index in [1.54, 1.807) is 43.3 Å². The average Bonchev–Trinajstić information content (AvgIpc) is 3.16. The fourth-order valence-electron chi connectivity index (χ4n) is 2.05. The third kappa shape index (κ3) is 5.00. The van der Waals surface area contributed by atoms with Gasteiger partial charge in [-0.05, 0) is 32.2 Å². The molecule has 2 rings (SSSR count). The molecule has 0 aliphatic carbocycles. The largest absolute Gasteiger partial charge is 0.467 e. The van der Waals surface area contributed by atoms with Crippen molar-refractivity contribution in [1.82, 2.24) is 10.2 Å². The molecule has 7 nitrogen and oxygen atoms in total. The first-order valence-corrected chi connectivity index (χ1v) is 7.31. The summed E-state index contributed by atoms with van der Waals surface area (Å²) in [6.07, 6.45) is 2.99. The predicted molar refractivity (Wildman–Crippen MR) is 81.6 cm³/mol. The van der Waals surface area contributed by atoms with Gasteiger partial charge >= 0.3 is 5.97 Å². The topological polar surface area (TPSA) is 84.9 Å². The number of esters is 1. The lowest BCUT2D eigenvalue weighted by Crippen LogP contribution is -2.34. The summed E-state index contributed by atoms with van der Waals surface area (Å²) in [5.41, 5.74) is 0.384. The predicted octanol–water partition coefficient (Wildman–Crippen LogP) is 1.80. The van der Waals surface area contributed by atoms with Crippen LogP contribution in [0.4, 0.5) is 0 Å². The van der Waals surface area contributed by atoms with Crippen LogP contribution in [0.25, 0.3) is 0 Å². The number of furan rings is 2. The molecule has 0 aliphatic heterocycles. The van der Waals surface area contributed by atoms with Crippen molar-refractivity contribution in [1.29, 1.82) is 0 Å². The standard InChI is InChI=1S/C16H20N2O5/c1-3-21-16(20)13-6-8-23-14(13)10-18(2)11-15(19)17-9-12-5-4-7-22-12/h4-8H,3,9-11H2,1-2H3,(H,17,19).